The van der Waals surface area contributed by atoms with Crippen LogP contribution in [0.3, 0.4) is 0 Å². The molecule has 0 fully saturated rings. The molecule has 1 heterocycles. The van der Waals surface area contributed by atoms with Crippen molar-refractivity contribution in [3.63, 3.8) is 0 Å². The number of rotatable bonds is 10. The van der Waals surface area contributed by atoms with E-state index in [-0.39, 0.29) is 43.4 Å². The zero-order valence-corrected chi connectivity index (χ0v) is 20.6. The molecule has 0 bridgehead atoms. The van der Waals surface area contributed by atoms with Gasteiger partial charge in [0.2, 0.25) is 18.6 Å². The second-order valence-electron chi connectivity index (χ2n) is 9.20. The van der Waals surface area contributed by atoms with Crippen molar-refractivity contribution < 1.29 is 23.5 Å². The molecule has 36 heavy (non-hydrogen) atoms. The molecule has 0 aliphatic carbocycles. The maximum atomic E-state index is 13.7. The van der Waals surface area contributed by atoms with Crippen LogP contribution in [0.2, 0.25) is 0 Å². The molecule has 7 heteroatoms. The van der Waals surface area contributed by atoms with Crippen molar-refractivity contribution >= 4 is 11.8 Å². The maximum Gasteiger partial charge on any atom is 0.243 e. The number of benzene rings is 3. The lowest BCUT2D eigenvalue weighted by atomic mass is 10.0. The summed E-state index contributed by atoms with van der Waals surface area (Å²) >= 11 is 0. The van der Waals surface area contributed by atoms with Crippen molar-refractivity contribution in [2.45, 2.75) is 51.7 Å². The second kappa shape index (κ2) is 11.7. The van der Waals surface area contributed by atoms with E-state index in [9.17, 15) is 14.0 Å². The molecule has 1 N–H and O–H groups in total. The molecule has 3 aromatic carbocycles. The SMILES string of the molecule is CC(C)NC(=O)[C@@H](Cc1ccccc1)N(Cc1ccc(F)cc1)C(=O)CCc1ccc2c(c1)OCO2. The van der Waals surface area contributed by atoms with Crippen LogP contribution in [-0.2, 0) is 29.0 Å². The largest absolute Gasteiger partial charge is 0.454 e. The molecule has 2 amide bonds. The predicted molar refractivity (Wildman–Crippen MR) is 135 cm³/mol. The summed E-state index contributed by atoms with van der Waals surface area (Å²) in [4.78, 5) is 28.6. The van der Waals surface area contributed by atoms with E-state index in [0.29, 0.717) is 24.3 Å². The van der Waals surface area contributed by atoms with Gasteiger partial charge in [0.15, 0.2) is 11.5 Å². The molecule has 6 nitrogen and oxygen atoms in total. The third-order valence-corrected chi connectivity index (χ3v) is 6.03. The Bertz CT molecular complexity index is 1180. The van der Waals surface area contributed by atoms with Gasteiger partial charge in [0.25, 0.3) is 0 Å². The van der Waals surface area contributed by atoms with Crippen LogP contribution in [0.5, 0.6) is 11.5 Å². The van der Waals surface area contributed by atoms with Crippen LogP contribution in [0, 0.1) is 5.82 Å². The van der Waals surface area contributed by atoms with Crippen molar-refractivity contribution in [2.24, 2.45) is 0 Å². The van der Waals surface area contributed by atoms with Crippen molar-refractivity contribution in [1.29, 1.82) is 0 Å². The number of aryl methyl sites for hydroxylation is 1. The highest BCUT2D eigenvalue weighted by Gasteiger charge is 2.30. The summed E-state index contributed by atoms with van der Waals surface area (Å²) < 4.78 is 24.4. The Kier molecular flexibility index (Phi) is 8.21. The number of amides is 2. The first-order valence-corrected chi connectivity index (χ1v) is 12.2. The Morgan fingerprint density at radius 2 is 1.61 bits per heavy atom. The fourth-order valence-electron chi connectivity index (χ4n) is 4.21. The van der Waals surface area contributed by atoms with Gasteiger partial charge in [0.05, 0.1) is 0 Å². The van der Waals surface area contributed by atoms with E-state index in [4.69, 9.17) is 9.47 Å². The fraction of sp³-hybridized carbons (Fsp3) is 0.310. The third kappa shape index (κ3) is 6.62. The Morgan fingerprint density at radius 1 is 0.917 bits per heavy atom. The van der Waals surface area contributed by atoms with Gasteiger partial charge >= 0.3 is 0 Å². The van der Waals surface area contributed by atoms with Crippen LogP contribution in [0.1, 0.15) is 37.0 Å². The summed E-state index contributed by atoms with van der Waals surface area (Å²) in [6.45, 7) is 4.17. The van der Waals surface area contributed by atoms with E-state index in [1.165, 1.54) is 12.1 Å². The first kappa shape index (κ1) is 25.2. The molecule has 0 unspecified atom stereocenters. The molecule has 3 aromatic rings. The van der Waals surface area contributed by atoms with Gasteiger partial charge in [-0.15, -0.1) is 0 Å². The van der Waals surface area contributed by atoms with Gasteiger partial charge in [-0.1, -0.05) is 48.5 Å². The molecule has 1 atom stereocenters. The zero-order valence-electron chi connectivity index (χ0n) is 20.6. The highest BCUT2D eigenvalue weighted by atomic mass is 19.1. The first-order valence-electron chi connectivity index (χ1n) is 12.2. The smallest absolute Gasteiger partial charge is 0.243 e. The van der Waals surface area contributed by atoms with Gasteiger partial charge in [-0.3, -0.25) is 9.59 Å². The monoisotopic (exact) mass is 490 g/mol. The summed E-state index contributed by atoms with van der Waals surface area (Å²) in [5.41, 5.74) is 2.65. The van der Waals surface area contributed by atoms with Crippen LogP contribution in [-0.4, -0.2) is 35.6 Å². The van der Waals surface area contributed by atoms with Crippen LogP contribution < -0.4 is 14.8 Å². The number of ether oxygens (including phenoxy) is 2. The molecule has 188 valence electrons. The molecule has 0 saturated carbocycles. The van der Waals surface area contributed by atoms with Gasteiger partial charge in [-0.25, -0.2) is 4.39 Å². The summed E-state index contributed by atoms with van der Waals surface area (Å²) in [7, 11) is 0. The average molecular weight is 491 g/mol. The predicted octanol–water partition coefficient (Wildman–Crippen LogP) is 4.65. The lowest BCUT2D eigenvalue weighted by molar-refractivity contribution is -0.141. The van der Waals surface area contributed by atoms with E-state index in [2.05, 4.69) is 5.32 Å². The quantitative estimate of drug-likeness (QED) is 0.449. The Balaban J connectivity index is 1.59. The normalized spacial score (nSPS) is 12.9. The maximum absolute atomic E-state index is 13.7. The minimum atomic E-state index is -0.718. The highest BCUT2D eigenvalue weighted by Crippen LogP contribution is 2.33. The average Bonchev–Trinajstić information content (AvgIpc) is 3.34. The van der Waals surface area contributed by atoms with Crippen molar-refractivity contribution in [1.82, 2.24) is 10.2 Å². The topological polar surface area (TPSA) is 67.9 Å². The number of hydrogen-bond acceptors (Lipinski definition) is 4. The molecule has 0 spiro atoms. The highest BCUT2D eigenvalue weighted by molar-refractivity contribution is 5.88. The first-order chi connectivity index (χ1) is 17.4. The number of halogens is 1. The molecule has 1 aliphatic rings. The molecular formula is C29H31FN2O4. The van der Waals surface area contributed by atoms with E-state index in [0.717, 1.165) is 16.7 Å². The van der Waals surface area contributed by atoms with E-state index in [1.807, 2.05) is 62.4 Å². The summed E-state index contributed by atoms with van der Waals surface area (Å²) in [6.07, 6.45) is 1.07. The van der Waals surface area contributed by atoms with Crippen LogP contribution in [0.15, 0.2) is 72.8 Å². The Morgan fingerprint density at radius 3 is 2.33 bits per heavy atom. The molecule has 1 aliphatic heterocycles. The van der Waals surface area contributed by atoms with E-state index >= 15 is 0 Å². The van der Waals surface area contributed by atoms with E-state index in [1.54, 1.807) is 17.0 Å². The summed E-state index contributed by atoms with van der Waals surface area (Å²) in [5.74, 6) is 0.639. The summed E-state index contributed by atoms with van der Waals surface area (Å²) in [6, 6.07) is 20.5. The molecule has 0 radical (unpaired) electrons. The van der Waals surface area contributed by atoms with Gasteiger partial charge in [-0.05, 0) is 61.2 Å². The van der Waals surface area contributed by atoms with Crippen molar-refractivity contribution in [3.05, 3.63) is 95.3 Å². The Hall–Kier alpha value is -3.87. The molecule has 4 rings (SSSR count). The van der Waals surface area contributed by atoms with Crippen molar-refractivity contribution in [3.8, 4) is 11.5 Å². The number of nitrogens with one attached hydrogen (secondary N) is 1. The van der Waals surface area contributed by atoms with Gasteiger partial charge in [0, 0.05) is 25.4 Å². The number of fused-ring (bicyclic) bond motifs is 1. The summed E-state index contributed by atoms with van der Waals surface area (Å²) in [5, 5.41) is 2.97. The number of hydrogen-bond donors (Lipinski definition) is 1. The lowest BCUT2D eigenvalue weighted by Crippen LogP contribution is -2.51. The number of carbonyl (C=O) groups excluding carboxylic acids is 2. The Labute approximate surface area is 211 Å². The fourth-order valence-corrected chi connectivity index (χ4v) is 4.21. The van der Waals surface area contributed by atoms with Crippen LogP contribution >= 0.6 is 0 Å². The van der Waals surface area contributed by atoms with Crippen LogP contribution in [0.25, 0.3) is 0 Å². The number of nitrogens with zero attached hydrogens (tertiary/aromatic N) is 1. The third-order valence-electron chi connectivity index (χ3n) is 6.03. The molecular weight excluding hydrogens is 459 g/mol. The molecule has 0 aromatic heterocycles. The zero-order chi connectivity index (χ0) is 25.5. The van der Waals surface area contributed by atoms with Crippen molar-refractivity contribution in [2.75, 3.05) is 6.79 Å². The minimum Gasteiger partial charge on any atom is -0.454 e. The second-order valence-corrected chi connectivity index (χ2v) is 9.20. The van der Waals surface area contributed by atoms with Crippen LogP contribution in [0.4, 0.5) is 4.39 Å². The standard InChI is InChI=1S/C29H31FN2O4/c1-20(2)31-29(34)25(16-21-6-4-3-5-7-21)32(18-23-8-12-24(30)13-9-23)28(33)15-11-22-10-14-26-27(17-22)36-19-35-26/h3-10,12-14,17,20,25H,11,15-16,18-19H2,1-2H3,(H,31,34)/t25-/m1/s1. The van der Waals surface area contributed by atoms with Gasteiger partial charge in [0.1, 0.15) is 11.9 Å². The molecule has 0 saturated heterocycles. The number of carbonyl (C=O) groups is 2. The van der Waals surface area contributed by atoms with Gasteiger partial charge < -0.3 is 19.7 Å². The lowest BCUT2D eigenvalue weighted by Gasteiger charge is -2.32. The van der Waals surface area contributed by atoms with Gasteiger partial charge in [-0.2, -0.15) is 0 Å². The van der Waals surface area contributed by atoms with E-state index < -0.39 is 6.04 Å². The minimum absolute atomic E-state index is 0.0767.